The van der Waals surface area contributed by atoms with E-state index in [0.717, 1.165) is 10.9 Å². The summed E-state index contributed by atoms with van der Waals surface area (Å²) in [6.45, 7) is 0. The Morgan fingerprint density at radius 3 is 2.38 bits per heavy atom. The topological polar surface area (TPSA) is 34.1 Å². The summed E-state index contributed by atoms with van der Waals surface area (Å²) in [7, 11) is -3.15. The molecule has 1 aromatic rings. The van der Waals surface area contributed by atoms with Crippen molar-refractivity contribution in [1.82, 2.24) is 0 Å². The van der Waals surface area contributed by atoms with Crippen LogP contribution >= 0.6 is 15.9 Å². The van der Waals surface area contributed by atoms with Crippen molar-refractivity contribution in [1.29, 1.82) is 0 Å². The van der Waals surface area contributed by atoms with Crippen LogP contribution in [0.4, 0.5) is 0 Å². The van der Waals surface area contributed by atoms with Crippen LogP contribution in [-0.2, 0) is 9.84 Å². The summed E-state index contributed by atoms with van der Waals surface area (Å²) in [5.41, 5.74) is 0. The van der Waals surface area contributed by atoms with Gasteiger partial charge < -0.3 is 0 Å². The Hall–Kier alpha value is -0.790. The highest BCUT2D eigenvalue weighted by molar-refractivity contribution is 9.10. The first-order valence-electron chi connectivity index (χ1n) is 4.98. The van der Waals surface area contributed by atoms with Crippen LogP contribution in [0.3, 0.4) is 0 Å². The molecule has 16 heavy (non-hydrogen) atoms. The van der Waals surface area contributed by atoms with Gasteiger partial charge in [0.05, 0.1) is 10.6 Å². The van der Waals surface area contributed by atoms with Gasteiger partial charge in [0, 0.05) is 10.9 Å². The Labute approximate surface area is 105 Å². The monoisotopic (exact) mass is 300 g/mol. The van der Waals surface area contributed by atoms with Gasteiger partial charge >= 0.3 is 0 Å². The van der Waals surface area contributed by atoms with Crippen molar-refractivity contribution in [2.24, 2.45) is 0 Å². The standard InChI is InChI=1S/C12H13BrO2S/c1-2-3-4-5-10-16(14,15)12-8-6-11(13)7-9-12/h1,6-9H,3-5,10H2. The normalized spacial score (nSPS) is 11.0. The van der Waals surface area contributed by atoms with Gasteiger partial charge in [-0.1, -0.05) is 15.9 Å². The molecule has 0 fully saturated rings. The van der Waals surface area contributed by atoms with E-state index in [1.165, 1.54) is 0 Å². The lowest BCUT2D eigenvalue weighted by Crippen LogP contribution is -2.06. The average Bonchev–Trinajstić information content (AvgIpc) is 2.25. The van der Waals surface area contributed by atoms with Crippen LogP contribution in [0, 0.1) is 12.3 Å². The second-order valence-corrected chi connectivity index (χ2v) is 6.46. The van der Waals surface area contributed by atoms with Gasteiger partial charge in [0.1, 0.15) is 0 Å². The fourth-order valence-electron chi connectivity index (χ4n) is 1.28. The Balaban J connectivity index is 2.64. The molecule has 0 spiro atoms. The number of hydrogen-bond acceptors (Lipinski definition) is 2. The molecule has 86 valence electrons. The van der Waals surface area contributed by atoms with Crippen molar-refractivity contribution in [2.75, 3.05) is 5.75 Å². The van der Waals surface area contributed by atoms with Crippen molar-refractivity contribution in [3.8, 4) is 12.3 Å². The first-order valence-corrected chi connectivity index (χ1v) is 7.42. The maximum absolute atomic E-state index is 11.8. The lowest BCUT2D eigenvalue weighted by molar-refractivity contribution is 0.592. The van der Waals surface area contributed by atoms with E-state index in [2.05, 4.69) is 21.9 Å². The van der Waals surface area contributed by atoms with Crippen molar-refractivity contribution < 1.29 is 8.42 Å². The molecule has 0 saturated carbocycles. The molecule has 0 amide bonds. The Kier molecular flexibility index (Phi) is 5.04. The van der Waals surface area contributed by atoms with Crippen LogP contribution < -0.4 is 0 Å². The van der Waals surface area contributed by atoms with E-state index in [0.29, 0.717) is 17.7 Å². The van der Waals surface area contributed by atoms with Crippen LogP contribution in [0.2, 0.25) is 0 Å². The van der Waals surface area contributed by atoms with Crippen LogP contribution in [-0.4, -0.2) is 14.2 Å². The SMILES string of the molecule is C#CCCCCS(=O)(=O)c1ccc(Br)cc1. The van der Waals surface area contributed by atoms with Crippen LogP contribution in [0.1, 0.15) is 19.3 Å². The van der Waals surface area contributed by atoms with Gasteiger partial charge in [0.25, 0.3) is 0 Å². The molecule has 0 atom stereocenters. The van der Waals surface area contributed by atoms with Crippen molar-refractivity contribution in [3.63, 3.8) is 0 Å². The molecule has 0 heterocycles. The molecule has 0 aliphatic heterocycles. The molecule has 0 saturated heterocycles. The van der Waals surface area contributed by atoms with Gasteiger partial charge in [-0.15, -0.1) is 12.3 Å². The lowest BCUT2D eigenvalue weighted by atomic mass is 10.3. The third-order valence-corrected chi connectivity index (χ3v) is 4.50. The molecule has 0 aliphatic carbocycles. The van der Waals surface area contributed by atoms with Crippen LogP contribution in [0.5, 0.6) is 0 Å². The van der Waals surface area contributed by atoms with E-state index >= 15 is 0 Å². The smallest absolute Gasteiger partial charge is 0.178 e. The fraction of sp³-hybridized carbons (Fsp3) is 0.333. The van der Waals surface area contributed by atoms with E-state index in [9.17, 15) is 8.42 Å². The maximum Gasteiger partial charge on any atom is 0.178 e. The predicted molar refractivity (Wildman–Crippen MR) is 68.9 cm³/mol. The number of benzene rings is 1. The Bertz CT molecular complexity index is 469. The van der Waals surface area contributed by atoms with E-state index in [-0.39, 0.29) is 5.75 Å². The van der Waals surface area contributed by atoms with Gasteiger partial charge in [0.2, 0.25) is 0 Å². The molecule has 2 nitrogen and oxygen atoms in total. The predicted octanol–water partition coefficient (Wildman–Crippen LogP) is 3.03. The number of unbranched alkanes of at least 4 members (excludes halogenated alkanes) is 2. The third kappa shape index (κ3) is 3.99. The van der Waals surface area contributed by atoms with Gasteiger partial charge in [-0.25, -0.2) is 8.42 Å². The van der Waals surface area contributed by atoms with E-state index in [4.69, 9.17) is 6.42 Å². The van der Waals surface area contributed by atoms with Gasteiger partial charge in [-0.3, -0.25) is 0 Å². The molecule has 1 aromatic carbocycles. The molecular weight excluding hydrogens is 288 g/mol. The summed E-state index contributed by atoms with van der Waals surface area (Å²) in [6, 6.07) is 6.68. The maximum atomic E-state index is 11.8. The zero-order valence-electron chi connectivity index (χ0n) is 8.82. The number of terminal acetylenes is 1. The molecule has 0 N–H and O–H groups in total. The average molecular weight is 301 g/mol. The third-order valence-electron chi connectivity index (χ3n) is 2.16. The quantitative estimate of drug-likeness (QED) is 0.619. The van der Waals surface area contributed by atoms with Gasteiger partial charge in [-0.05, 0) is 37.1 Å². The zero-order chi connectivity index (χ0) is 12.0. The lowest BCUT2D eigenvalue weighted by Gasteiger charge is -2.03. The molecular formula is C12H13BrO2S. The van der Waals surface area contributed by atoms with Crippen LogP contribution in [0.15, 0.2) is 33.6 Å². The largest absolute Gasteiger partial charge is 0.224 e. The minimum absolute atomic E-state index is 0.163. The number of rotatable bonds is 5. The molecule has 0 radical (unpaired) electrons. The highest BCUT2D eigenvalue weighted by Gasteiger charge is 2.13. The van der Waals surface area contributed by atoms with Crippen molar-refractivity contribution >= 4 is 25.8 Å². The van der Waals surface area contributed by atoms with Gasteiger partial charge in [0.15, 0.2) is 9.84 Å². The van der Waals surface area contributed by atoms with Crippen LogP contribution in [0.25, 0.3) is 0 Å². The minimum Gasteiger partial charge on any atom is -0.224 e. The van der Waals surface area contributed by atoms with Crippen molar-refractivity contribution in [3.05, 3.63) is 28.7 Å². The Morgan fingerprint density at radius 1 is 1.19 bits per heavy atom. The number of sulfone groups is 1. The summed E-state index contributed by atoms with van der Waals surface area (Å²) in [5.74, 6) is 2.66. The minimum atomic E-state index is -3.15. The first-order chi connectivity index (χ1) is 7.56. The van der Waals surface area contributed by atoms with E-state index in [1.807, 2.05) is 0 Å². The van der Waals surface area contributed by atoms with E-state index in [1.54, 1.807) is 24.3 Å². The molecule has 0 unspecified atom stereocenters. The van der Waals surface area contributed by atoms with Crippen molar-refractivity contribution in [2.45, 2.75) is 24.2 Å². The second kappa shape index (κ2) is 6.07. The summed E-state index contributed by atoms with van der Waals surface area (Å²) in [6.07, 6.45) is 7.11. The van der Waals surface area contributed by atoms with Gasteiger partial charge in [-0.2, -0.15) is 0 Å². The molecule has 4 heteroatoms. The molecule has 0 aromatic heterocycles. The number of halogens is 1. The summed E-state index contributed by atoms with van der Waals surface area (Å²) in [5, 5.41) is 0. The Morgan fingerprint density at radius 2 is 1.81 bits per heavy atom. The zero-order valence-corrected chi connectivity index (χ0v) is 11.2. The fourth-order valence-corrected chi connectivity index (χ4v) is 2.91. The second-order valence-electron chi connectivity index (χ2n) is 3.43. The summed E-state index contributed by atoms with van der Waals surface area (Å²) < 4.78 is 24.6. The number of hydrogen-bond donors (Lipinski definition) is 0. The highest BCUT2D eigenvalue weighted by atomic mass is 79.9. The highest BCUT2D eigenvalue weighted by Crippen LogP contribution is 2.16. The molecule has 0 bridgehead atoms. The first kappa shape index (κ1) is 13.3. The summed E-state index contributed by atoms with van der Waals surface area (Å²) >= 11 is 3.27. The molecule has 0 aliphatic rings. The molecule has 1 rings (SSSR count). The summed E-state index contributed by atoms with van der Waals surface area (Å²) in [4.78, 5) is 0.372. The van der Waals surface area contributed by atoms with E-state index < -0.39 is 9.84 Å².